The first kappa shape index (κ1) is 13.5. The molecule has 18 heavy (non-hydrogen) atoms. The van der Waals surface area contributed by atoms with Gasteiger partial charge in [0, 0.05) is 6.42 Å². The van der Waals surface area contributed by atoms with Crippen molar-refractivity contribution in [2.24, 2.45) is 5.92 Å². The molecule has 0 radical (unpaired) electrons. The van der Waals surface area contributed by atoms with Crippen LogP contribution < -0.4 is 5.32 Å². The zero-order valence-electron chi connectivity index (χ0n) is 9.60. The molecular weight excluding hydrogens is 320 g/mol. The Hall–Kier alpha value is -0.950. The quantitative estimate of drug-likeness (QED) is 0.853. The molecule has 0 aromatic carbocycles. The minimum Gasteiger partial charge on any atom is -0.325 e. The van der Waals surface area contributed by atoms with Crippen LogP contribution in [-0.4, -0.2) is 30.8 Å². The maximum absolute atomic E-state index is 11.7. The van der Waals surface area contributed by atoms with E-state index in [2.05, 4.69) is 26.2 Å². The number of sulfone groups is 1. The third-order valence-electron chi connectivity index (χ3n) is 2.81. The van der Waals surface area contributed by atoms with E-state index in [1.165, 1.54) is 0 Å². The molecule has 0 saturated carbocycles. The summed E-state index contributed by atoms with van der Waals surface area (Å²) in [5, 5.41) is 2.71. The smallest absolute Gasteiger partial charge is 0.224 e. The zero-order chi connectivity index (χ0) is 13.2. The van der Waals surface area contributed by atoms with Crippen LogP contribution in [0, 0.1) is 5.92 Å². The highest BCUT2D eigenvalue weighted by atomic mass is 79.9. The van der Waals surface area contributed by atoms with Gasteiger partial charge in [0.05, 0.1) is 23.4 Å². The van der Waals surface area contributed by atoms with Crippen LogP contribution in [0.25, 0.3) is 0 Å². The van der Waals surface area contributed by atoms with Crippen molar-refractivity contribution < 1.29 is 13.2 Å². The van der Waals surface area contributed by atoms with Gasteiger partial charge in [-0.1, -0.05) is 0 Å². The van der Waals surface area contributed by atoms with Gasteiger partial charge in [-0.05, 0) is 40.4 Å². The first-order valence-electron chi connectivity index (χ1n) is 5.56. The van der Waals surface area contributed by atoms with E-state index in [9.17, 15) is 13.2 Å². The Bertz CT molecular complexity index is 542. The topological polar surface area (TPSA) is 76.1 Å². The van der Waals surface area contributed by atoms with Crippen molar-refractivity contribution in [3.63, 3.8) is 0 Å². The minimum atomic E-state index is -2.92. The third-order valence-corrected chi connectivity index (χ3v) is 5.12. The molecule has 5 nitrogen and oxygen atoms in total. The molecule has 0 aliphatic carbocycles. The molecule has 0 bridgehead atoms. The van der Waals surface area contributed by atoms with Gasteiger partial charge in [0.25, 0.3) is 0 Å². The Balaban J connectivity index is 1.88. The van der Waals surface area contributed by atoms with Gasteiger partial charge in [-0.15, -0.1) is 0 Å². The second-order valence-corrected chi connectivity index (χ2v) is 7.43. The average molecular weight is 333 g/mol. The number of carbonyl (C=O) groups excluding carboxylic acids is 1. The molecule has 2 heterocycles. The lowest BCUT2D eigenvalue weighted by Gasteiger charge is -2.08. The molecule has 1 amide bonds. The van der Waals surface area contributed by atoms with E-state index < -0.39 is 9.84 Å². The number of halogens is 1. The second-order valence-electron chi connectivity index (χ2n) is 4.39. The summed E-state index contributed by atoms with van der Waals surface area (Å²) >= 11 is 3.20. The summed E-state index contributed by atoms with van der Waals surface area (Å²) in [6.07, 6.45) is 2.37. The summed E-state index contributed by atoms with van der Waals surface area (Å²) in [6.45, 7) is 0. The summed E-state index contributed by atoms with van der Waals surface area (Å²) in [5.74, 6) is 0.101. The lowest BCUT2D eigenvalue weighted by molar-refractivity contribution is -0.116. The Kier molecular flexibility index (Phi) is 4.01. The fourth-order valence-electron chi connectivity index (χ4n) is 1.96. The van der Waals surface area contributed by atoms with E-state index in [1.54, 1.807) is 18.3 Å². The Labute approximate surface area is 114 Å². The first-order chi connectivity index (χ1) is 8.44. The van der Waals surface area contributed by atoms with Crippen LogP contribution in [0.15, 0.2) is 22.9 Å². The SMILES string of the molecule is O=C(CC1CCS(=O)(=O)C1)Nc1ccc(Br)nc1. The number of aromatic nitrogens is 1. The van der Waals surface area contributed by atoms with Crippen LogP contribution in [0.2, 0.25) is 0 Å². The normalized spacial score (nSPS) is 21.7. The number of amides is 1. The molecule has 1 aliphatic rings. The summed E-state index contributed by atoms with van der Waals surface area (Å²) in [4.78, 5) is 15.7. The van der Waals surface area contributed by atoms with Crippen molar-refractivity contribution in [3.05, 3.63) is 22.9 Å². The molecule has 7 heteroatoms. The minimum absolute atomic E-state index is 0.0570. The highest BCUT2D eigenvalue weighted by Crippen LogP contribution is 2.22. The van der Waals surface area contributed by atoms with Gasteiger partial charge in [0.2, 0.25) is 5.91 Å². The highest BCUT2D eigenvalue weighted by molar-refractivity contribution is 9.10. The predicted octanol–water partition coefficient (Wildman–Crippen LogP) is 1.61. The largest absolute Gasteiger partial charge is 0.325 e. The van der Waals surface area contributed by atoms with Gasteiger partial charge in [0.1, 0.15) is 4.60 Å². The third kappa shape index (κ3) is 3.78. The Morgan fingerprint density at radius 3 is 2.83 bits per heavy atom. The molecule has 98 valence electrons. The van der Waals surface area contributed by atoms with Crippen molar-refractivity contribution in [2.45, 2.75) is 12.8 Å². The maximum Gasteiger partial charge on any atom is 0.224 e. The molecule has 1 aromatic rings. The summed E-state index contributed by atoms with van der Waals surface area (Å²) in [7, 11) is -2.92. The van der Waals surface area contributed by atoms with E-state index in [1.807, 2.05) is 0 Å². The monoisotopic (exact) mass is 332 g/mol. The van der Waals surface area contributed by atoms with E-state index >= 15 is 0 Å². The summed E-state index contributed by atoms with van der Waals surface area (Å²) < 4.78 is 23.2. The lowest BCUT2D eigenvalue weighted by Crippen LogP contribution is -2.17. The summed E-state index contributed by atoms with van der Waals surface area (Å²) in [6, 6.07) is 3.47. The molecule has 0 spiro atoms. The fraction of sp³-hybridized carbons (Fsp3) is 0.455. The number of hydrogen-bond donors (Lipinski definition) is 1. The Morgan fingerprint density at radius 2 is 2.28 bits per heavy atom. The summed E-state index contributed by atoms with van der Waals surface area (Å²) in [5.41, 5.74) is 0.615. The van der Waals surface area contributed by atoms with Crippen molar-refractivity contribution in [3.8, 4) is 0 Å². The molecule has 1 aromatic heterocycles. The number of anilines is 1. The average Bonchev–Trinajstić information content (AvgIpc) is 2.61. The number of hydrogen-bond acceptors (Lipinski definition) is 4. The van der Waals surface area contributed by atoms with E-state index in [4.69, 9.17) is 0 Å². The van der Waals surface area contributed by atoms with Crippen molar-refractivity contribution >= 4 is 37.4 Å². The number of carbonyl (C=O) groups is 1. The number of pyridine rings is 1. The molecule has 1 N–H and O–H groups in total. The van der Waals surface area contributed by atoms with Gasteiger partial charge in [-0.3, -0.25) is 4.79 Å². The van der Waals surface area contributed by atoms with Gasteiger partial charge >= 0.3 is 0 Å². The molecule has 1 aliphatic heterocycles. The van der Waals surface area contributed by atoms with E-state index in [0.29, 0.717) is 16.7 Å². The fourth-order valence-corrected chi connectivity index (χ4v) is 4.05. The lowest BCUT2D eigenvalue weighted by atomic mass is 10.1. The van der Waals surface area contributed by atoms with Crippen LogP contribution in [-0.2, 0) is 14.6 Å². The molecule has 1 saturated heterocycles. The zero-order valence-corrected chi connectivity index (χ0v) is 12.0. The number of nitrogens with zero attached hydrogens (tertiary/aromatic N) is 1. The Morgan fingerprint density at radius 1 is 1.50 bits per heavy atom. The van der Waals surface area contributed by atoms with Gasteiger partial charge < -0.3 is 5.32 Å². The van der Waals surface area contributed by atoms with Gasteiger partial charge in [-0.2, -0.15) is 0 Å². The first-order valence-corrected chi connectivity index (χ1v) is 8.18. The molecule has 1 atom stereocenters. The number of nitrogens with one attached hydrogen (secondary N) is 1. The van der Waals surface area contributed by atoms with Crippen LogP contribution in [0.1, 0.15) is 12.8 Å². The predicted molar refractivity (Wildman–Crippen MR) is 71.9 cm³/mol. The second kappa shape index (κ2) is 5.36. The maximum atomic E-state index is 11.7. The number of rotatable bonds is 3. The van der Waals surface area contributed by atoms with Crippen molar-refractivity contribution in [1.82, 2.24) is 4.98 Å². The molecular formula is C11H13BrN2O3S. The van der Waals surface area contributed by atoms with Crippen LogP contribution in [0.5, 0.6) is 0 Å². The highest BCUT2D eigenvalue weighted by Gasteiger charge is 2.29. The van der Waals surface area contributed by atoms with Gasteiger partial charge in [0.15, 0.2) is 9.84 Å². The van der Waals surface area contributed by atoms with Crippen LogP contribution >= 0.6 is 15.9 Å². The van der Waals surface area contributed by atoms with E-state index in [0.717, 1.165) is 0 Å². The van der Waals surface area contributed by atoms with Gasteiger partial charge in [-0.25, -0.2) is 13.4 Å². The van der Waals surface area contributed by atoms with E-state index in [-0.39, 0.29) is 29.8 Å². The van der Waals surface area contributed by atoms with Crippen LogP contribution in [0.4, 0.5) is 5.69 Å². The molecule has 1 fully saturated rings. The molecule has 1 unspecified atom stereocenters. The van der Waals surface area contributed by atoms with Crippen molar-refractivity contribution in [2.75, 3.05) is 16.8 Å². The van der Waals surface area contributed by atoms with Crippen LogP contribution in [0.3, 0.4) is 0 Å². The molecule has 2 rings (SSSR count). The van der Waals surface area contributed by atoms with Crippen molar-refractivity contribution in [1.29, 1.82) is 0 Å². The standard InChI is InChI=1S/C11H13BrN2O3S/c12-10-2-1-9(6-13-10)14-11(15)5-8-3-4-18(16,17)7-8/h1-2,6,8H,3-5,7H2,(H,14,15).